The number of carbonyl (C=O) groups excluding carboxylic acids is 2. The van der Waals surface area contributed by atoms with Crippen LogP contribution in [0.5, 0.6) is 0 Å². The summed E-state index contributed by atoms with van der Waals surface area (Å²) in [5, 5.41) is 2.61. The number of anilines is 1. The van der Waals surface area contributed by atoms with E-state index >= 15 is 0 Å². The number of halogens is 1. The zero-order valence-electron chi connectivity index (χ0n) is 15.5. The largest absolute Gasteiger partial charge is 0.442 e. The molecule has 1 N–H and O–H groups in total. The Hall–Kier alpha value is -3.42. The maximum absolute atomic E-state index is 14.8. The first kappa shape index (κ1) is 18.0. The smallest absolute Gasteiger partial charge is 0.414 e. The van der Waals surface area contributed by atoms with Gasteiger partial charge in [-0.05, 0) is 37.3 Å². The molecule has 144 valence electrons. The van der Waals surface area contributed by atoms with Gasteiger partial charge >= 0.3 is 6.09 Å². The summed E-state index contributed by atoms with van der Waals surface area (Å²) in [5.74, 6) is -0.637. The molecule has 4 rings (SSSR count). The topological polar surface area (TPSA) is 75.9 Å². The van der Waals surface area contributed by atoms with Crippen LogP contribution < -0.4 is 10.2 Å². The van der Waals surface area contributed by atoms with Crippen molar-refractivity contribution in [1.82, 2.24) is 14.7 Å². The van der Waals surface area contributed by atoms with Gasteiger partial charge in [-0.1, -0.05) is 0 Å². The number of hydrogen-bond donors (Lipinski definition) is 1. The molecule has 1 saturated heterocycles. The first-order valence-corrected chi connectivity index (χ1v) is 8.88. The summed E-state index contributed by atoms with van der Waals surface area (Å²) >= 11 is 0. The number of aryl methyl sites for hydroxylation is 1. The Morgan fingerprint density at radius 2 is 2.14 bits per heavy atom. The van der Waals surface area contributed by atoms with E-state index in [1.165, 1.54) is 17.9 Å². The molecule has 0 aliphatic carbocycles. The van der Waals surface area contributed by atoms with Gasteiger partial charge in [0.05, 0.1) is 24.5 Å². The molecule has 2 aromatic heterocycles. The number of imidazole rings is 1. The SMILES string of the molecule is CC(=O)NC[C@H]1CN(c2ccc(-c3ccc4nc(C)cn4c3)c(F)c2)C(=O)O1. The van der Waals surface area contributed by atoms with E-state index in [4.69, 9.17) is 4.74 Å². The molecule has 1 aliphatic heterocycles. The van der Waals surface area contributed by atoms with E-state index in [0.717, 1.165) is 11.3 Å². The quantitative estimate of drug-likeness (QED) is 0.753. The summed E-state index contributed by atoms with van der Waals surface area (Å²) in [5.41, 5.74) is 3.23. The predicted octanol–water partition coefficient (Wildman–Crippen LogP) is 2.91. The van der Waals surface area contributed by atoms with Crippen LogP contribution in [0.15, 0.2) is 42.7 Å². The number of aromatic nitrogens is 2. The number of rotatable bonds is 4. The summed E-state index contributed by atoms with van der Waals surface area (Å²) in [6.07, 6.45) is 2.67. The van der Waals surface area contributed by atoms with E-state index in [1.54, 1.807) is 12.1 Å². The van der Waals surface area contributed by atoms with Crippen LogP contribution in [0.25, 0.3) is 16.8 Å². The number of fused-ring (bicyclic) bond motifs is 1. The second-order valence-corrected chi connectivity index (χ2v) is 6.78. The van der Waals surface area contributed by atoms with Gasteiger partial charge in [0.1, 0.15) is 17.6 Å². The van der Waals surface area contributed by atoms with Gasteiger partial charge in [-0.15, -0.1) is 0 Å². The third-order valence-corrected chi connectivity index (χ3v) is 4.60. The number of amides is 2. The summed E-state index contributed by atoms with van der Waals surface area (Å²) in [4.78, 5) is 28.8. The fourth-order valence-corrected chi connectivity index (χ4v) is 3.28. The zero-order chi connectivity index (χ0) is 19.8. The van der Waals surface area contributed by atoms with Crippen molar-refractivity contribution in [2.75, 3.05) is 18.0 Å². The molecule has 2 amide bonds. The number of nitrogens with one attached hydrogen (secondary N) is 1. The van der Waals surface area contributed by atoms with Crippen molar-refractivity contribution in [3.05, 3.63) is 54.2 Å². The van der Waals surface area contributed by atoms with Crippen molar-refractivity contribution in [3.63, 3.8) is 0 Å². The molecule has 0 radical (unpaired) electrons. The average Bonchev–Trinajstić information content (AvgIpc) is 3.20. The minimum atomic E-state index is -0.558. The second-order valence-electron chi connectivity index (χ2n) is 6.78. The Balaban J connectivity index is 1.57. The molecule has 1 aliphatic rings. The maximum Gasteiger partial charge on any atom is 0.414 e. The standard InChI is InChI=1S/C20H19FN4O3/c1-12-9-24-10-14(3-6-19(24)23-12)17-5-4-15(7-18(17)21)25-11-16(28-20(25)27)8-22-13(2)26/h3-7,9-10,16H,8,11H2,1-2H3,(H,22,26)/t16-/m0/s1. The summed E-state index contributed by atoms with van der Waals surface area (Å²) < 4.78 is 21.9. The third kappa shape index (κ3) is 3.40. The molecule has 28 heavy (non-hydrogen) atoms. The number of hydrogen-bond acceptors (Lipinski definition) is 4. The van der Waals surface area contributed by atoms with Gasteiger partial charge < -0.3 is 14.5 Å². The highest BCUT2D eigenvalue weighted by Gasteiger charge is 2.32. The van der Waals surface area contributed by atoms with Crippen LogP contribution in [0.2, 0.25) is 0 Å². The molecule has 0 saturated carbocycles. The molecule has 1 fully saturated rings. The number of nitrogens with zero attached hydrogens (tertiary/aromatic N) is 3. The number of carbonyl (C=O) groups is 2. The molecule has 3 aromatic rings. The Kier molecular flexibility index (Phi) is 4.46. The van der Waals surface area contributed by atoms with Gasteiger partial charge in [-0.3, -0.25) is 9.69 Å². The lowest BCUT2D eigenvalue weighted by Crippen LogP contribution is -2.33. The number of ether oxygens (including phenoxy) is 1. The number of cyclic esters (lactones) is 1. The monoisotopic (exact) mass is 382 g/mol. The Morgan fingerprint density at radius 3 is 2.89 bits per heavy atom. The van der Waals surface area contributed by atoms with Crippen LogP contribution in [0.1, 0.15) is 12.6 Å². The van der Waals surface area contributed by atoms with Gasteiger partial charge in [-0.25, -0.2) is 14.2 Å². The van der Waals surface area contributed by atoms with Crippen molar-refractivity contribution in [1.29, 1.82) is 0 Å². The van der Waals surface area contributed by atoms with Crippen molar-refractivity contribution < 1.29 is 18.7 Å². The van der Waals surface area contributed by atoms with Crippen molar-refractivity contribution in [2.45, 2.75) is 20.0 Å². The fourth-order valence-electron chi connectivity index (χ4n) is 3.28. The second kappa shape index (κ2) is 6.95. The molecule has 8 heteroatoms. The average molecular weight is 382 g/mol. The first-order valence-electron chi connectivity index (χ1n) is 8.88. The summed E-state index contributed by atoms with van der Waals surface area (Å²) in [7, 11) is 0. The van der Waals surface area contributed by atoms with E-state index in [1.807, 2.05) is 35.9 Å². The fraction of sp³-hybridized carbons (Fsp3) is 0.250. The van der Waals surface area contributed by atoms with Crippen LogP contribution in [0.4, 0.5) is 14.9 Å². The lowest BCUT2D eigenvalue weighted by Gasteiger charge is -2.14. The van der Waals surface area contributed by atoms with Gasteiger partial charge in [0, 0.05) is 30.4 Å². The van der Waals surface area contributed by atoms with Crippen LogP contribution in [0.3, 0.4) is 0 Å². The van der Waals surface area contributed by atoms with Gasteiger partial charge in [0.15, 0.2) is 0 Å². The van der Waals surface area contributed by atoms with Gasteiger partial charge in [-0.2, -0.15) is 0 Å². The van der Waals surface area contributed by atoms with E-state index in [2.05, 4.69) is 10.3 Å². The van der Waals surface area contributed by atoms with E-state index < -0.39 is 18.0 Å². The van der Waals surface area contributed by atoms with Crippen LogP contribution >= 0.6 is 0 Å². The summed E-state index contributed by atoms with van der Waals surface area (Å²) in [6.45, 7) is 3.77. The lowest BCUT2D eigenvalue weighted by atomic mass is 10.1. The number of benzene rings is 1. The predicted molar refractivity (Wildman–Crippen MR) is 102 cm³/mol. The minimum Gasteiger partial charge on any atom is -0.442 e. The molecule has 7 nitrogen and oxygen atoms in total. The molecular formula is C20H19FN4O3. The highest BCUT2D eigenvalue weighted by Crippen LogP contribution is 2.29. The molecule has 1 atom stereocenters. The van der Waals surface area contributed by atoms with Gasteiger partial charge in [0.2, 0.25) is 5.91 Å². The minimum absolute atomic E-state index is 0.199. The Labute approximate surface area is 160 Å². The molecular weight excluding hydrogens is 363 g/mol. The molecule has 1 aromatic carbocycles. The zero-order valence-corrected chi connectivity index (χ0v) is 15.5. The van der Waals surface area contributed by atoms with E-state index in [0.29, 0.717) is 16.8 Å². The molecule has 3 heterocycles. The Bertz CT molecular complexity index is 1080. The van der Waals surface area contributed by atoms with Crippen molar-refractivity contribution >= 4 is 23.3 Å². The molecule has 0 bridgehead atoms. The maximum atomic E-state index is 14.8. The lowest BCUT2D eigenvalue weighted by molar-refractivity contribution is -0.119. The van der Waals surface area contributed by atoms with E-state index in [9.17, 15) is 14.0 Å². The first-order chi connectivity index (χ1) is 13.4. The van der Waals surface area contributed by atoms with Crippen LogP contribution in [0, 0.1) is 12.7 Å². The highest BCUT2D eigenvalue weighted by atomic mass is 19.1. The Morgan fingerprint density at radius 1 is 1.32 bits per heavy atom. The van der Waals surface area contributed by atoms with Crippen LogP contribution in [-0.2, 0) is 9.53 Å². The van der Waals surface area contributed by atoms with Crippen LogP contribution in [-0.4, -0.2) is 40.6 Å². The normalized spacial score (nSPS) is 16.5. The van der Waals surface area contributed by atoms with Crippen molar-refractivity contribution in [3.8, 4) is 11.1 Å². The highest BCUT2D eigenvalue weighted by molar-refractivity contribution is 5.90. The van der Waals surface area contributed by atoms with E-state index in [-0.39, 0.29) is 19.0 Å². The number of pyridine rings is 1. The van der Waals surface area contributed by atoms with Crippen molar-refractivity contribution in [2.24, 2.45) is 0 Å². The summed E-state index contributed by atoms with van der Waals surface area (Å²) in [6, 6.07) is 8.29. The molecule has 0 spiro atoms. The van der Waals surface area contributed by atoms with Gasteiger partial charge in [0.25, 0.3) is 0 Å². The third-order valence-electron chi connectivity index (χ3n) is 4.60. The molecule has 0 unspecified atom stereocenters.